The van der Waals surface area contributed by atoms with Crippen LogP contribution in [0.25, 0.3) is 44.1 Å². The Morgan fingerprint density at radius 2 is 1.20 bits per heavy atom. The molecule has 0 bridgehead atoms. The van der Waals surface area contributed by atoms with Crippen LogP contribution in [0.15, 0.2) is 118 Å². The standard InChI is InChI=1S/C26H27BrN2O5.C21H19BrN2O3/c1-26(2,3)34-25(31)29-15-19(14-22(29)24(30)32-4)33-23-20(16-9-7-10-18(27)12-16)13-17-8-5-6-11-21(17)28-23;1-26-21(25)19-11-16(12-23-19)27-20-17(13-6-4-7-15(22)9-13)10-14-5-2-3-8-18(14)24-20/h5-13,19,22H,14-15H2,1-4H3;2-10,16,19,23H,11-12H2,1H3/t19-,22+;16-,19+/m11/s1. The number of carbonyl (C=O) groups is 3. The van der Waals surface area contributed by atoms with Crippen molar-refractivity contribution in [3.8, 4) is 34.0 Å². The summed E-state index contributed by atoms with van der Waals surface area (Å²) in [5, 5.41) is 5.19. The van der Waals surface area contributed by atoms with Crippen molar-refractivity contribution in [1.82, 2.24) is 20.2 Å². The molecule has 316 valence electrons. The summed E-state index contributed by atoms with van der Waals surface area (Å²) in [6.45, 7) is 6.11. The van der Waals surface area contributed by atoms with Crippen molar-refractivity contribution in [2.45, 2.75) is 63.5 Å². The normalized spacial score (nSPS) is 18.6. The molecular formula is C47H46Br2N4O8. The Labute approximate surface area is 371 Å². The Bertz CT molecular complexity index is 2570. The van der Waals surface area contributed by atoms with Gasteiger partial charge in [-0.3, -0.25) is 9.69 Å². The molecule has 2 fully saturated rings. The quantitative estimate of drug-likeness (QED) is 0.115. The van der Waals surface area contributed by atoms with Crippen LogP contribution in [0.5, 0.6) is 11.8 Å². The summed E-state index contributed by atoms with van der Waals surface area (Å²) < 4.78 is 29.8. The van der Waals surface area contributed by atoms with E-state index < -0.39 is 29.8 Å². The Kier molecular flexibility index (Phi) is 13.6. The van der Waals surface area contributed by atoms with Crippen molar-refractivity contribution >= 4 is 71.7 Å². The van der Waals surface area contributed by atoms with Gasteiger partial charge in [0, 0.05) is 50.2 Å². The van der Waals surface area contributed by atoms with Crippen LogP contribution in [-0.2, 0) is 23.8 Å². The molecule has 1 N–H and O–H groups in total. The highest BCUT2D eigenvalue weighted by atomic mass is 79.9. The highest BCUT2D eigenvalue weighted by molar-refractivity contribution is 9.10. The monoisotopic (exact) mass is 952 g/mol. The van der Waals surface area contributed by atoms with Crippen LogP contribution in [0.1, 0.15) is 33.6 Å². The van der Waals surface area contributed by atoms with E-state index in [0.717, 1.165) is 53.0 Å². The van der Waals surface area contributed by atoms with Gasteiger partial charge in [0.25, 0.3) is 0 Å². The maximum absolute atomic E-state index is 12.8. The molecule has 0 radical (unpaired) electrons. The lowest BCUT2D eigenvalue weighted by molar-refractivity contribution is -0.145. The molecule has 0 aliphatic carbocycles. The molecule has 8 rings (SSSR count). The van der Waals surface area contributed by atoms with E-state index in [-0.39, 0.29) is 31.1 Å². The lowest BCUT2D eigenvalue weighted by atomic mass is 10.0. The summed E-state index contributed by atoms with van der Waals surface area (Å²) in [5.41, 5.74) is 4.69. The number of aromatic nitrogens is 2. The number of hydrogen-bond donors (Lipinski definition) is 1. The number of methoxy groups -OCH3 is 2. The molecule has 4 atom stereocenters. The fourth-order valence-corrected chi connectivity index (χ4v) is 8.10. The average Bonchev–Trinajstić information content (AvgIpc) is 3.90. The van der Waals surface area contributed by atoms with E-state index in [1.807, 2.05) is 103 Å². The van der Waals surface area contributed by atoms with Crippen LogP contribution in [0.2, 0.25) is 0 Å². The van der Waals surface area contributed by atoms with Crippen molar-refractivity contribution in [3.63, 3.8) is 0 Å². The van der Waals surface area contributed by atoms with E-state index >= 15 is 0 Å². The number of nitrogens with one attached hydrogen (secondary N) is 1. The van der Waals surface area contributed by atoms with E-state index in [0.29, 0.717) is 24.7 Å². The highest BCUT2D eigenvalue weighted by Crippen LogP contribution is 2.37. The minimum absolute atomic E-state index is 0.145. The van der Waals surface area contributed by atoms with Gasteiger partial charge in [0.1, 0.15) is 29.9 Å². The van der Waals surface area contributed by atoms with Gasteiger partial charge in [-0.25, -0.2) is 19.6 Å². The summed E-state index contributed by atoms with van der Waals surface area (Å²) >= 11 is 7.06. The molecular weight excluding hydrogens is 908 g/mol. The van der Waals surface area contributed by atoms with E-state index in [2.05, 4.69) is 43.2 Å². The van der Waals surface area contributed by atoms with Crippen LogP contribution in [0, 0.1) is 0 Å². The van der Waals surface area contributed by atoms with Crippen LogP contribution >= 0.6 is 31.9 Å². The minimum atomic E-state index is -0.792. The number of hydrogen-bond acceptors (Lipinski definition) is 11. The molecule has 0 spiro atoms. The molecule has 4 aromatic carbocycles. The second-order valence-electron chi connectivity index (χ2n) is 15.7. The van der Waals surface area contributed by atoms with Crippen LogP contribution in [0.4, 0.5) is 4.79 Å². The van der Waals surface area contributed by atoms with Crippen molar-refractivity contribution in [1.29, 1.82) is 0 Å². The Morgan fingerprint density at radius 1 is 0.672 bits per heavy atom. The van der Waals surface area contributed by atoms with Gasteiger partial charge in [-0.15, -0.1) is 0 Å². The first-order valence-corrected chi connectivity index (χ1v) is 21.4. The lowest BCUT2D eigenvalue weighted by Crippen LogP contribution is -2.44. The first-order chi connectivity index (χ1) is 29.3. The van der Waals surface area contributed by atoms with Gasteiger partial charge in [-0.05, 0) is 80.4 Å². The molecule has 14 heteroatoms. The third-order valence-electron chi connectivity index (χ3n) is 10.1. The first kappa shape index (κ1) is 43.5. The number of esters is 2. The van der Waals surface area contributed by atoms with Gasteiger partial charge in [0.15, 0.2) is 0 Å². The Hall–Kier alpha value is -5.57. The van der Waals surface area contributed by atoms with Gasteiger partial charge in [-0.2, -0.15) is 0 Å². The molecule has 2 aromatic heterocycles. The zero-order valence-corrected chi connectivity index (χ0v) is 37.6. The number of rotatable bonds is 8. The summed E-state index contributed by atoms with van der Waals surface area (Å²) in [6.07, 6.45) is -0.352. The van der Waals surface area contributed by atoms with E-state index in [1.54, 1.807) is 20.8 Å². The number of halogens is 2. The highest BCUT2D eigenvalue weighted by Gasteiger charge is 2.43. The van der Waals surface area contributed by atoms with E-state index in [1.165, 1.54) is 19.1 Å². The molecule has 12 nitrogen and oxygen atoms in total. The number of pyridine rings is 2. The Morgan fingerprint density at radius 3 is 1.70 bits per heavy atom. The third-order valence-corrected chi connectivity index (χ3v) is 11.1. The molecule has 1 amide bonds. The second-order valence-corrected chi connectivity index (χ2v) is 17.5. The van der Waals surface area contributed by atoms with Crippen LogP contribution in [0.3, 0.4) is 0 Å². The molecule has 4 heterocycles. The van der Waals surface area contributed by atoms with E-state index in [9.17, 15) is 14.4 Å². The van der Waals surface area contributed by atoms with E-state index in [4.69, 9.17) is 33.7 Å². The maximum atomic E-state index is 12.8. The van der Waals surface area contributed by atoms with Crippen molar-refractivity contribution in [2.24, 2.45) is 0 Å². The molecule has 6 aromatic rings. The number of carbonyl (C=O) groups excluding carboxylic acids is 3. The topological polar surface area (TPSA) is 138 Å². The van der Waals surface area contributed by atoms with Gasteiger partial charge in [0.2, 0.25) is 11.8 Å². The molecule has 2 aliphatic heterocycles. The largest absolute Gasteiger partial charge is 0.472 e. The smallest absolute Gasteiger partial charge is 0.411 e. The van der Waals surface area contributed by atoms with Crippen LogP contribution < -0.4 is 14.8 Å². The van der Waals surface area contributed by atoms with Crippen LogP contribution in [-0.4, -0.2) is 90.1 Å². The number of ether oxygens (including phenoxy) is 5. The predicted octanol–water partition coefficient (Wildman–Crippen LogP) is 9.54. The molecule has 61 heavy (non-hydrogen) atoms. The number of nitrogens with zero attached hydrogens (tertiary/aromatic N) is 3. The zero-order chi connectivity index (χ0) is 43.3. The second kappa shape index (κ2) is 19.0. The molecule has 0 saturated carbocycles. The number of para-hydroxylation sites is 2. The van der Waals surface area contributed by atoms with Gasteiger partial charge < -0.3 is 29.0 Å². The van der Waals surface area contributed by atoms with Gasteiger partial charge in [-0.1, -0.05) is 92.5 Å². The molecule has 0 unspecified atom stereocenters. The molecule has 2 saturated heterocycles. The minimum Gasteiger partial charge on any atom is -0.472 e. The number of likely N-dealkylation sites (tertiary alicyclic amines) is 1. The van der Waals surface area contributed by atoms with Crippen molar-refractivity contribution in [2.75, 3.05) is 27.3 Å². The lowest BCUT2D eigenvalue weighted by Gasteiger charge is -2.27. The summed E-state index contributed by atoms with van der Waals surface area (Å²) in [5.74, 6) is 0.246. The zero-order valence-electron chi connectivity index (χ0n) is 34.4. The summed E-state index contributed by atoms with van der Waals surface area (Å²) in [4.78, 5) is 47.9. The first-order valence-electron chi connectivity index (χ1n) is 19.8. The van der Waals surface area contributed by atoms with Gasteiger partial charge in [0.05, 0.1) is 31.8 Å². The maximum Gasteiger partial charge on any atom is 0.411 e. The predicted molar refractivity (Wildman–Crippen MR) is 240 cm³/mol. The fraction of sp³-hybridized carbons (Fsp3) is 0.298. The van der Waals surface area contributed by atoms with Gasteiger partial charge >= 0.3 is 18.0 Å². The van der Waals surface area contributed by atoms with Crippen molar-refractivity contribution in [3.05, 3.63) is 118 Å². The summed E-state index contributed by atoms with van der Waals surface area (Å²) in [6, 6.07) is 34.7. The average molecular weight is 955 g/mol. The SMILES string of the molecule is COC(=O)[C@@H]1C[C@@H](Oc2nc3ccccc3cc2-c2cccc(Br)c2)CN1.COC(=O)[C@@H]1C[C@@H](Oc2nc3ccccc3cc2-c2cccc(Br)c2)CN1C(=O)OC(C)(C)C. The van der Waals surface area contributed by atoms with Crippen molar-refractivity contribution < 1.29 is 38.1 Å². The third kappa shape index (κ3) is 10.7. The number of amides is 1. The number of benzene rings is 4. The Balaban J connectivity index is 0.000000189. The molecule has 2 aliphatic rings. The summed E-state index contributed by atoms with van der Waals surface area (Å²) in [7, 11) is 2.70. The number of fused-ring (bicyclic) bond motifs is 2. The fourth-order valence-electron chi connectivity index (χ4n) is 7.30.